The van der Waals surface area contributed by atoms with Crippen molar-refractivity contribution in [2.24, 2.45) is 0 Å². The lowest BCUT2D eigenvalue weighted by atomic mass is 9.78. The van der Waals surface area contributed by atoms with Gasteiger partial charge in [0.15, 0.2) is 0 Å². The van der Waals surface area contributed by atoms with Gasteiger partial charge in [0, 0.05) is 0 Å². The molecule has 0 amide bonds. The standard InChI is InChI=1S/C19H33BO3/c1-8-9-12-22-15-10-11-17(16(13-15)14(2)3)20-23-19(6,7)18(4,5)21/h10-11,13-14,20-21H,8-9,12H2,1-7H3. The number of rotatable bonds is 9. The van der Waals surface area contributed by atoms with Gasteiger partial charge in [-0.3, -0.25) is 0 Å². The maximum atomic E-state index is 10.2. The summed E-state index contributed by atoms with van der Waals surface area (Å²) in [6, 6.07) is 6.21. The highest BCUT2D eigenvalue weighted by atomic mass is 16.5. The summed E-state index contributed by atoms with van der Waals surface area (Å²) in [5, 5.41) is 10.2. The van der Waals surface area contributed by atoms with Gasteiger partial charge in [0.1, 0.15) is 5.75 Å². The van der Waals surface area contributed by atoms with Crippen LogP contribution >= 0.6 is 0 Å². The van der Waals surface area contributed by atoms with Crippen molar-refractivity contribution in [3.05, 3.63) is 23.8 Å². The zero-order chi connectivity index (χ0) is 17.7. The second kappa shape index (κ2) is 8.21. The van der Waals surface area contributed by atoms with Crippen LogP contribution in [0.5, 0.6) is 5.75 Å². The summed E-state index contributed by atoms with van der Waals surface area (Å²) in [5.41, 5.74) is 0.886. The number of aliphatic hydroxyl groups is 1. The van der Waals surface area contributed by atoms with Crippen LogP contribution in [0, 0.1) is 0 Å². The van der Waals surface area contributed by atoms with E-state index in [4.69, 9.17) is 9.39 Å². The van der Waals surface area contributed by atoms with E-state index in [1.54, 1.807) is 13.8 Å². The molecule has 0 bridgehead atoms. The molecule has 23 heavy (non-hydrogen) atoms. The Kier molecular flexibility index (Phi) is 7.15. The van der Waals surface area contributed by atoms with E-state index >= 15 is 0 Å². The summed E-state index contributed by atoms with van der Waals surface area (Å²) in [7, 11) is 0.486. The van der Waals surface area contributed by atoms with Crippen LogP contribution in [-0.4, -0.2) is 30.4 Å². The molecular weight excluding hydrogens is 287 g/mol. The number of hydrogen-bond donors (Lipinski definition) is 1. The van der Waals surface area contributed by atoms with Crippen molar-refractivity contribution in [3.63, 3.8) is 0 Å². The highest BCUT2D eigenvalue weighted by Gasteiger charge is 2.35. The first-order valence-electron chi connectivity index (χ1n) is 8.70. The third-order valence-electron chi connectivity index (χ3n) is 4.57. The van der Waals surface area contributed by atoms with Crippen LogP contribution in [0.4, 0.5) is 0 Å². The van der Waals surface area contributed by atoms with E-state index in [0.717, 1.165) is 30.7 Å². The van der Waals surface area contributed by atoms with Crippen molar-refractivity contribution < 1.29 is 14.5 Å². The third kappa shape index (κ3) is 5.85. The molecule has 0 saturated heterocycles. The van der Waals surface area contributed by atoms with Crippen LogP contribution in [0.2, 0.25) is 0 Å². The minimum Gasteiger partial charge on any atom is -0.494 e. The fourth-order valence-corrected chi connectivity index (χ4v) is 2.10. The third-order valence-corrected chi connectivity index (χ3v) is 4.57. The van der Waals surface area contributed by atoms with Gasteiger partial charge in [-0.15, -0.1) is 0 Å². The van der Waals surface area contributed by atoms with E-state index in [2.05, 4.69) is 32.9 Å². The fourth-order valence-electron chi connectivity index (χ4n) is 2.10. The molecule has 0 saturated carbocycles. The zero-order valence-corrected chi connectivity index (χ0v) is 15.9. The Bertz CT molecular complexity index is 490. The van der Waals surface area contributed by atoms with E-state index in [1.165, 1.54) is 5.56 Å². The lowest BCUT2D eigenvalue weighted by molar-refractivity contribution is -0.0893. The molecule has 1 aromatic rings. The summed E-state index contributed by atoms with van der Waals surface area (Å²) in [5.74, 6) is 1.32. The Labute approximate surface area is 142 Å². The Morgan fingerprint density at radius 3 is 2.35 bits per heavy atom. The average Bonchev–Trinajstić information content (AvgIpc) is 2.44. The summed E-state index contributed by atoms with van der Waals surface area (Å²) in [4.78, 5) is 0. The molecule has 0 atom stereocenters. The number of hydrogen-bond acceptors (Lipinski definition) is 3. The maximum Gasteiger partial charge on any atom is 0.309 e. The molecule has 0 fully saturated rings. The van der Waals surface area contributed by atoms with Crippen LogP contribution in [0.15, 0.2) is 18.2 Å². The van der Waals surface area contributed by atoms with Crippen LogP contribution in [0.3, 0.4) is 0 Å². The normalized spacial score (nSPS) is 12.6. The second-order valence-electron chi connectivity index (χ2n) is 7.58. The fraction of sp³-hybridized carbons (Fsp3) is 0.684. The Morgan fingerprint density at radius 1 is 1.17 bits per heavy atom. The smallest absolute Gasteiger partial charge is 0.309 e. The quantitative estimate of drug-likeness (QED) is 0.559. The average molecular weight is 320 g/mol. The molecule has 130 valence electrons. The van der Waals surface area contributed by atoms with Crippen molar-refractivity contribution >= 4 is 12.9 Å². The van der Waals surface area contributed by atoms with Crippen molar-refractivity contribution in [2.45, 2.75) is 78.4 Å². The Balaban J connectivity index is 2.86. The molecule has 0 aliphatic heterocycles. The molecule has 0 aliphatic carbocycles. The van der Waals surface area contributed by atoms with E-state index in [9.17, 15) is 5.11 Å². The van der Waals surface area contributed by atoms with Gasteiger partial charge in [-0.1, -0.05) is 33.3 Å². The molecule has 0 heterocycles. The van der Waals surface area contributed by atoms with E-state index < -0.39 is 11.2 Å². The molecule has 0 spiro atoms. The van der Waals surface area contributed by atoms with Gasteiger partial charge < -0.3 is 14.5 Å². The summed E-state index contributed by atoms with van der Waals surface area (Å²) < 4.78 is 11.8. The summed E-state index contributed by atoms with van der Waals surface area (Å²) >= 11 is 0. The molecule has 4 heteroatoms. The van der Waals surface area contributed by atoms with Crippen LogP contribution in [-0.2, 0) is 4.65 Å². The molecular formula is C19H33BO3. The predicted molar refractivity (Wildman–Crippen MR) is 99.2 cm³/mol. The second-order valence-corrected chi connectivity index (χ2v) is 7.58. The first kappa shape index (κ1) is 20.1. The van der Waals surface area contributed by atoms with Crippen molar-refractivity contribution in [1.29, 1.82) is 0 Å². The molecule has 0 radical (unpaired) electrons. The number of unbranched alkanes of at least 4 members (excludes halogenated alkanes) is 1. The highest BCUT2D eigenvalue weighted by molar-refractivity contribution is 6.47. The number of benzene rings is 1. The van der Waals surface area contributed by atoms with Gasteiger partial charge in [-0.05, 0) is 63.2 Å². The zero-order valence-electron chi connectivity index (χ0n) is 15.9. The minimum absolute atomic E-state index is 0.397. The van der Waals surface area contributed by atoms with Crippen LogP contribution < -0.4 is 10.2 Å². The molecule has 1 N–H and O–H groups in total. The first-order chi connectivity index (χ1) is 10.6. The predicted octanol–water partition coefficient (Wildman–Crippen LogP) is 3.53. The minimum atomic E-state index is -0.895. The highest BCUT2D eigenvalue weighted by Crippen LogP contribution is 2.25. The van der Waals surface area contributed by atoms with Crippen molar-refractivity contribution in [3.8, 4) is 5.75 Å². The van der Waals surface area contributed by atoms with Gasteiger partial charge in [0.2, 0.25) is 0 Å². The molecule has 0 unspecified atom stereocenters. The van der Waals surface area contributed by atoms with E-state index in [0.29, 0.717) is 13.4 Å². The molecule has 1 aromatic carbocycles. The van der Waals surface area contributed by atoms with Gasteiger partial charge in [0.05, 0.1) is 17.8 Å². The van der Waals surface area contributed by atoms with Gasteiger partial charge >= 0.3 is 7.48 Å². The SMILES string of the molecule is CCCCOc1ccc(BOC(C)(C)C(C)(C)O)c(C(C)C)c1. The summed E-state index contributed by atoms with van der Waals surface area (Å²) in [6.45, 7) is 14.7. The lowest BCUT2D eigenvalue weighted by Gasteiger charge is -2.37. The Hall–Kier alpha value is -0.995. The first-order valence-corrected chi connectivity index (χ1v) is 8.70. The lowest BCUT2D eigenvalue weighted by Crippen LogP contribution is -2.49. The van der Waals surface area contributed by atoms with E-state index in [1.807, 2.05) is 19.9 Å². The van der Waals surface area contributed by atoms with Gasteiger partial charge in [-0.25, -0.2) is 0 Å². The molecule has 0 aromatic heterocycles. The largest absolute Gasteiger partial charge is 0.494 e. The molecule has 3 nitrogen and oxygen atoms in total. The van der Waals surface area contributed by atoms with Gasteiger partial charge in [0.25, 0.3) is 0 Å². The topological polar surface area (TPSA) is 38.7 Å². The van der Waals surface area contributed by atoms with Crippen molar-refractivity contribution in [2.75, 3.05) is 6.61 Å². The maximum absolute atomic E-state index is 10.2. The summed E-state index contributed by atoms with van der Waals surface area (Å²) in [6.07, 6.45) is 2.20. The van der Waals surface area contributed by atoms with E-state index in [-0.39, 0.29) is 0 Å². The molecule has 1 rings (SSSR count). The molecule has 0 aliphatic rings. The van der Waals surface area contributed by atoms with Gasteiger partial charge in [-0.2, -0.15) is 0 Å². The number of ether oxygens (including phenoxy) is 1. The Morgan fingerprint density at radius 2 is 1.83 bits per heavy atom. The van der Waals surface area contributed by atoms with Crippen LogP contribution in [0.1, 0.15) is 72.8 Å². The van der Waals surface area contributed by atoms with Crippen LogP contribution in [0.25, 0.3) is 0 Å². The van der Waals surface area contributed by atoms with Crippen molar-refractivity contribution in [1.82, 2.24) is 0 Å². The monoisotopic (exact) mass is 320 g/mol.